The van der Waals surface area contributed by atoms with Gasteiger partial charge in [-0.2, -0.15) is 0 Å². The first-order valence-electron chi connectivity index (χ1n) is 7.34. The lowest BCUT2D eigenvalue weighted by Crippen LogP contribution is -2.39. The van der Waals surface area contributed by atoms with Gasteiger partial charge in [-0.15, -0.1) is 0 Å². The van der Waals surface area contributed by atoms with Gasteiger partial charge in [0.05, 0.1) is 11.5 Å². The summed E-state index contributed by atoms with van der Waals surface area (Å²) in [6.45, 7) is -0.880. The first kappa shape index (κ1) is 17.9. The molecule has 0 radical (unpaired) electrons. The average Bonchev–Trinajstić information content (AvgIpc) is 2.90. The summed E-state index contributed by atoms with van der Waals surface area (Å²) in [6.07, 6.45) is 0.356. The molecule has 1 fully saturated rings. The van der Waals surface area contributed by atoms with Crippen LogP contribution in [0.5, 0.6) is 0 Å². The number of carbonyl (C=O) groups excluding carboxylic acids is 3. The zero-order valence-electron chi connectivity index (χ0n) is 12.9. The van der Waals surface area contributed by atoms with E-state index in [2.05, 4.69) is 10.6 Å². The molecule has 1 atom stereocenters. The zero-order chi connectivity index (χ0) is 17.6. The molecule has 1 heterocycles. The van der Waals surface area contributed by atoms with Gasteiger partial charge in [0.25, 0.3) is 11.8 Å². The molecule has 2 rings (SSSR count). The Bertz CT molecular complexity index is 717. The quantitative estimate of drug-likeness (QED) is 0.650. The molecule has 0 aliphatic carbocycles. The zero-order valence-corrected chi connectivity index (χ0v) is 13.7. The molecule has 8 nitrogen and oxygen atoms in total. The second kappa shape index (κ2) is 7.91. The van der Waals surface area contributed by atoms with Crippen LogP contribution in [0.2, 0.25) is 0 Å². The van der Waals surface area contributed by atoms with E-state index in [0.717, 1.165) is 0 Å². The third kappa shape index (κ3) is 5.65. The average molecular weight is 354 g/mol. The molecule has 0 saturated carbocycles. The summed E-state index contributed by atoms with van der Waals surface area (Å²) in [5.41, 5.74) is 0.408. The van der Waals surface area contributed by atoms with E-state index >= 15 is 0 Å². The van der Waals surface area contributed by atoms with Gasteiger partial charge in [-0.05, 0) is 18.6 Å². The Morgan fingerprint density at radius 2 is 1.88 bits per heavy atom. The van der Waals surface area contributed by atoms with Crippen molar-refractivity contribution in [2.75, 3.05) is 24.7 Å². The molecule has 0 spiro atoms. The maximum absolute atomic E-state index is 11.7. The van der Waals surface area contributed by atoms with Crippen molar-refractivity contribution in [2.45, 2.75) is 12.5 Å². The van der Waals surface area contributed by atoms with Crippen LogP contribution in [0.4, 0.5) is 0 Å². The summed E-state index contributed by atoms with van der Waals surface area (Å²) in [7, 11) is -3.09. The van der Waals surface area contributed by atoms with E-state index < -0.39 is 40.3 Å². The van der Waals surface area contributed by atoms with E-state index in [4.69, 9.17) is 4.74 Å². The van der Waals surface area contributed by atoms with E-state index in [9.17, 15) is 22.8 Å². The van der Waals surface area contributed by atoms with Crippen LogP contribution >= 0.6 is 0 Å². The summed E-state index contributed by atoms with van der Waals surface area (Å²) in [5.74, 6) is -1.80. The van der Waals surface area contributed by atoms with E-state index in [1.54, 1.807) is 30.3 Å². The Morgan fingerprint density at radius 1 is 1.17 bits per heavy atom. The van der Waals surface area contributed by atoms with Gasteiger partial charge >= 0.3 is 5.97 Å². The third-order valence-corrected chi connectivity index (χ3v) is 5.16. The Morgan fingerprint density at radius 3 is 2.50 bits per heavy atom. The fourth-order valence-corrected chi connectivity index (χ4v) is 3.89. The Labute approximate surface area is 139 Å². The molecule has 24 heavy (non-hydrogen) atoms. The van der Waals surface area contributed by atoms with Crippen molar-refractivity contribution in [3.05, 3.63) is 35.9 Å². The van der Waals surface area contributed by atoms with Crippen molar-refractivity contribution < 1.29 is 27.5 Å². The van der Waals surface area contributed by atoms with Gasteiger partial charge in [0, 0.05) is 11.6 Å². The van der Waals surface area contributed by atoms with E-state index in [0.29, 0.717) is 12.0 Å². The lowest BCUT2D eigenvalue weighted by Gasteiger charge is -2.11. The number of esters is 1. The molecule has 0 aromatic heterocycles. The molecule has 2 amide bonds. The number of amides is 2. The smallest absolute Gasteiger partial charge is 0.325 e. The number of hydrogen-bond donors (Lipinski definition) is 2. The number of nitrogens with one attached hydrogen (secondary N) is 2. The van der Waals surface area contributed by atoms with Gasteiger partial charge in [-0.1, -0.05) is 18.2 Å². The minimum atomic E-state index is -3.09. The second-order valence-electron chi connectivity index (χ2n) is 5.38. The van der Waals surface area contributed by atoms with Crippen LogP contribution in [0.3, 0.4) is 0 Å². The van der Waals surface area contributed by atoms with Gasteiger partial charge in [0.15, 0.2) is 16.4 Å². The highest BCUT2D eigenvalue weighted by atomic mass is 32.2. The Hall–Kier alpha value is -2.42. The topological polar surface area (TPSA) is 119 Å². The molecular weight excluding hydrogens is 336 g/mol. The standard InChI is InChI=1S/C15H18N2O6S/c18-13(17-12-6-7-24(21,22)10-12)9-23-14(19)8-16-15(20)11-4-2-1-3-5-11/h1-5,12H,6-10H2,(H,16,20)(H,17,18)/t12-/m0/s1. The lowest BCUT2D eigenvalue weighted by atomic mass is 10.2. The maximum atomic E-state index is 11.7. The predicted octanol–water partition coefficient (Wildman–Crippen LogP) is -0.737. The van der Waals surface area contributed by atoms with E-state index in [1.807, 2.05) is 0 Å². The van der Waals surface area contributed by atoms with Gasteiger partial charge in [0.1, 0.15) is 6.54 Å². The number of rotatable bonds is 6. The molecule has 130 valence electrons. The minimum Gasteiger partial charge on any atom is -0.454 e. The van der Waals surface area contributed by atoms with Crippen LogP contribution < -0.4 is 10.6 Å². The highest BCUT2D eigenvalue weighted by Crippen LogP contribution is 2.10. The Kier molecular flexibility index (Phi) is 5.91. The predicted molar refractivity (Wildman–Crippen MR) is 84.9 cm³/mol. The fourth-order valence-electron chi connectivity index (χ4n) is 2.22. The molecule has 1 aromatic rings. The molecule has 9 heteroatoms. The van der Waals surface area contributed by atoms with Gasteiger partial charge in [-0.3, -0.25) is 14.4 Å². The molecule has 2 N–H and O–H groups in total. The van der Waals surface area contributed by atoms with Crippen LogP contribution in [0, 0.1) is 0 Å². The van der Waals surface area contributed by atoms with Crippen molar-refractivity contribution in [3.8, 4) is 0 Å². The Balaban J connectivity index is 1.66. The molecule has 1 aliphatic rings. The number of benzene rings is 1. The minimum absolute atomic E-state index is 0.0449. The first-order chi connectivity index (χ1) is 11.4. The van der Waals surface area contributed by atoms with Crippen molar-refractivity contribution in [2.24, 2.45) is 0 Å². The summed E-state index contributed by atoms with van der Waals surface area (Å²) in [5, 5.41) is 4.88. The van der Waals surface area contributed by atoms with E-state index in [1.165, 1.54) is 0 Å². The fraction of sp³-hybridized carbons (Fsp3) is 0.400. The van der Waals surface area contributed by atoms with Gasteiger partial charge in [0.2, 0.25) is 0 Å². The number of sulfone groups is 1. The SMILES string of the molecule is O=C(COC(=O)CNC(=O)c1ccccc1)N[C@H]1CCS(=O)(=O)C1. The van der Waals surface area contributed by atoms with Crippen molar-refractivity contribution in [1.29, 1.82) is 0 Å². The number of ether oxygens (including phenoxy) is 1. The normalized spacial score (nSPS) is 18.6. The summed E-state index contributed by atoms with van der Waals surface area (Å²) >= 11 is 0. The van der Waals surface area contributed by atoms with Crippen molar-refractivity contribution in [3.63, 3.8) is 0 Å². The third-order valence-electron chi connectivity index (χ3n) is 3.39. The van der Waals surface area contributed by atoms with E-state index in [-0.39, 0.29) is 18.1 Å². The van der Waals surface area contributed by atoms with Crippen LogP contribution in [0.25, 0.3) is 0 Å². The maximum Gasteiger partial charge on any atom is 0.325 e. The highest BCUT2D eigenvalue weighted by Gasteiger charge is 2.29. The molecule has 1 saturated heterocycles. The van der Waals surface area contributed by atoms with Gasteiger partial charge in [-0.25, -0.2) is 8.42 Å². The van der Waals surface area contributed by atoms with Crippen molar-refractivity contribution in [1.82, 2.24) is 10.6 Å². The first-order valence-corrected chi connectivity index (χ1v) is 9.16. The number of hydrogen-bond acceptors (Lipinski definition) is 6. The molecule has 0 unspecified atom stereocenters. The molecule has 1 aromatic carbocycles. The second-order valence-corrected chi connectivity index (χ2v) is 7.61. The summed E-state index contributed by atoms with van der Waals surface area (Å²) in [6, 6.07) is 7.91. The van der Waals surface area contributed by atoms with Crippen molar-refractivity contribution >= 4 is 27.6 Å². The van der Waals surface area contributed by atoms with Crippen LogP contribution in [0.15, 0.2) is 30.3 Å². The number of carbonyl (C=O) groups is 3. The summed E-state index contributed by atoms with van der Waals surface area (Å²) < 4.78 is 27.3. The molecule has 1 aliphatic heterocycles. The largest absolute Gasteiger partial charge is 0.454 e. The van der Waals surface area contributed by atoms with Crippen LogP contribution in [0.1, 0.15) is 16.8 Å². The summed E-state index contributed by atoms with van der Waals surface area (Å²) in [4.78, 5) is 34.8. The van der Waals surface area contributed by atoms with Crippen LogP contribution in [-0.2, 0) is 24.2 Å². The lowest BCUT2D eigenvalue weighted by molar-refractivity contribution is -0.147. The molecule has 0 bridgehead atoms. The van der Waals surface area contributed by atoms with Crippen LogP contribution in [-0.4, -0.2) is 56.9 Å². The highest BCUT2D eigenvalue weighted by molar-refractivity contribution is 7.91. The van der Waals surface area contributed by atoms with Gasteiger partial charge < -0.3 is 15.4 Å². The molecular formula is C15H18N2O6S. The monoisotopic (exact) mass is 354 g/mol.